The van der Waals surface area contributed by atoms with Gasteiger partial charge >= 0.3 is 0 Å². The summed E-state index contributed by atoms with van der Waals surface area (Å²) in [6.45, 7) is 6.75. The highest BCUT2D eigenvalue weighted by Gasteiger charge is 2.26. The minimum Gasteiger partial charge on any atom is -0.496 e. The van der Waals surface area contributed by atoms with Gasteiger partial charge in [-0.1, -0.05) is 13.0 Å². The largest absolute Gasteiger partial charge is 0.496 e. The molecule has 0 aromatic heterocycles. The molecule has 3 heteroatoms. The summed E-state index contributed by atoms with van der Waals surface area (Å²) in [5, 5.41) is 3.36. The zero-order valence-electron chi connectivity index (χ0n) is 13.3. The van der Waals surface area contributed by atoms with E-state index in [4.69, 9.17) is 4.74 Å². The van der Waals surface area contributed by atoms with Gasteiger partial charge in [-0.15, -0.1) is 0 Å². The zero-order chi connectivity index (χ0) is 14.5. The fourth-order valence-corrected chi connectivity index (χ4v) is 2.76. The molecule has 1 aliphatic rings. The van der Waals surface area contributed by atoms with Crippen LogP contribution in [0.25, 0.3) is 0 Å². The molecule has 1 fully saturated rings. The number of methoxy groups -OCH3 is 1. The summed E-state index contributed by atoms with van der Waals surface area (Å²) in [6, 6.07) is 6.70. The fourth-order valence-electron chi connectivity index (χ4n) is 2.76. The molecule has 1 aliphatic carbocycles. The van der Waals surface area contributed by atoms with Crippen molar-refractivity contribution in [2.24, 2.45) is 5.92 Å². The topological polar surface area (TPSA) is 24.5 Å². The van der Waals surface area contributed by atoms with E-state index < -0.39 is 0 Å². The van der Waals surface area contributed by atoms with Crippen LogP contribution in [0.5, 0.6) is 5.75 Å². The van der Waals surface area contributed by atoms with Crippen molar-refractivity contribution in [2.45, 2.75) is 39.2 Å². The number of nitrogens with one attached hydrogen (secondary N) is 1. The van der Waals surface area contributed by atoms with Crippen LogP contribution in [0.4, 0.5) is 5.69 Å². The second kappa shape index (κ2) is 6.98. The summed E-state index contributed by atoms with van der Waals surface area (Å²) in [6.07, 6.45) is 3.96. The van der Waals surface area contributed by atoms with Crippen molar-refractivity contribution >= 4 is 5.69 Å². The van der Waals surface area contributed by atoms with Crippen molar-refractivity contribution in [3.63, 3.8) is 0 Å². The highest BCUT2D eigenvalue weighted by atomic mass is 16.5. The van der Waals surface area contributed by atoms with Crippen LogP contribution in [0.2, 0.25) is 0 Å². The van der Waals surface area contributed by atoms with Crippen molar-refractivity contribution in [3.05, 3.63) is 23.8 Å². The van der Waals surface area contributed by atoms with Gasteiger partial charge in [0.05, 0.1) is 7.11 Å². The van der Waals surface area contributed by atoms with Crippen LogP contribution in [-0.2, 0) is 0 Å². The standard InChI is InChI=1S/C17H28N2O/c1-5-11-19(12-14-9-10-14)15-7-6-8-16(20-4)17(15)13(2)18-3/h6-8,13-14,18H,5,9-12H2,1-4H3. The van der Waals surface area contributed by atoms with E-state index in [2.05, 4.69) is 42.3 Å². The fraction of sp³-hybridized carbons (Fsp3) is 0.647. The molecule has 0 spiro atoms. The van der Waals surface area contributed by atoms with Gasteiger partial charge in [0.15, 0.2) is 0 Å². The average molecular weight is 276 g/mol. The van der Waals surface area contributed by atoms with Crippen molar-refractivity contribution in [1.82, 2.24) is 5.32 Å². The lowest BCUT2D eigenvalue weighted by Crippen LogP contribution is -2.29. The van der Waals surface area contributed by atoms with Gasteiger partial charge in [0.2, 0.25) is 0 Å². The third kappa shape index (κ3) is 3.45. The average Bonchev–Trinajstić information content (AvgIpc) is 3.29. The third-order valence-corrected chi connectivity index (χ3v) is 4.14. The molecule has 112 valence electrons. The Morgan fingerprint density at radius 3 is 2.70 bits per heavy atom. The Labute approximate surface area is 123 Å². The second-order valence-electron chi connectivity index (χ2n) is 5.79. The Balaban J connectivity index is 2.35. The van der Waals surface area contributed by atoms with Crippen LogP contribution < -0.4 is 15.0 Å². The van der Waals surface area contributed by atoms with Gasteiger partial charge in [0.25, 0.3) is 0 Å². The van der Waals surface area contributed by atoms with Crippen LogP contribution in [0, 0.1) is 5.92 Å². The van der Waals surface area contributed by atoms with Crippen molar-refractivity contribution in [3.8, 4) is 5.75 Å². The predicted octanol–water partition coefficient (Wildman–Crippen LogP) is 3.60. The molecule has 1 aromatic rings. The number of benzene rings is 1. The predicted molar refractivity (Wildman–Crippen MR) is 85.7 cm³/mol. The van der Waals surface area contributed by atoms with Gasteiger partial charge < -0.3 is 15.0 Å². The van der Waals surface area contributed by atoms with Gasteiger partial charge in [-0.2, -0.15) is 0 Å². The molecule has 0 aliphatic heterocycles. The normalized spacial score (nSPS) is 16.0. The minimum atomic E-state index is 0.291. The Hall–Kier alpha value is -1.22. The van der Waals surface area contributed by atoms with Gasteiger partial charge in [0, 0.05) is 30.4 Å². The van der Waals surface area contributed by atoms with E-state index in [1.54, 1.807) is 7.11 Å². The van der Waals surface area contributed by atoms with Crippen LogP contribution in [0.3, 0.4) is 0 Å². The van der Waals surface area contributed by atoms with E-state index in [0.717, 1.165) is 18.2 Å². The second-order valence-corrected chi connectivity index (χ2v) is 5.79. The lowest BCUT2D eigenvalue weighted by Gasteiger charge is -2.29. The van der Waals surface area contributed by atoms with Crippen LogP contribution in [-0.4, -0.2) is 27.2 Å². The zero-order valence-corrected chi connectivity index (χ0v) is 13.3. The van der Waals surface area contributed by atoms with E-state index in [-0.39, 0.29) is 0 Å². The first-order valence-electron chi connectivity index (χ1n) is 7.80. The number of anilines is 1. The Bertz CT molecular complexity index is 429. The molecule has 1 N–H and O–H groups in total. The summed E-state index contributed by atoms with van der Waals surface area (Å²) in [5.41, 5.74) is 2.62. The molecular weight excluding hydrogens is 248 g/mol. The van der Waals surface area contributed by atoms with Crippen LogP contribution in [0.15, 0.2) is 18.2 Å². The van der Waals surface area contributed by atoms with E-state index >= 15 is 0 Å². The van der Waals surface area contributed by atoms with E-state index in [9.17, 15) is 0 Å². The Morgan fingerprint density at radius 1 is 1.40 bits per heavy atom. The third-order valence-electron chi connectivity index (χ3n) is 4.14. The molecule has 1 aromatic carbocycles. The molecule has 0 saturated heterocycles. The highest BCUT2D eigenvalue weighted by Crippen LogP contribution is 2.37. The molecule has 0 amide bonds. The first-order valence-corrected chi connectivity index (χ1v) is 7.80. The van der Waals surface area contributed by atoms with Gasteiger partial charge in [0.1, 0.15) is 5.75 Å². The summed E-state index contributed by atoms with van der Waals surface area (Å²) >= 11 is 0. The van der Waals surface area contributed by atoms with E-state index in [1.165, 1.54) is 37.1 Å². The van der Waals surface area contributed by atoms with E-state index in [0.29, 0.717) is 6.04 Å². The Morgan fingerprint density at radius 2 is 2.15 bits per heavy atom. The number of hydrogen-bond acceptors (Lipinski definition) is 3. The summed E-state index contributed by atoms with van der Waals surface area (Å²) in [4.78, 5) is 2.54. The SMILES string of the molecule is CCCN(CC1CC1)c1cccc(OC)c1C(C)NC. The molecular formula is C17H28N2O. The number of rotatable bonds is 8. The van der Waals surface area contributed by atoms with Crippen molar-refractivity contribution in [2.75, 3.05) is 32.1 Å². The van der Waals surface area contributed by atoms with Crippen LogP contribution in [0.1, 0.15) is 44.7 Å². The quantitative estimate of drug-likeness (QED) is 0.785. The summed E-state index contributed by atoms with van der Waals surface area (Å²) < 4.78 is 5.59. The number of nitrogens with zero attached hydrogens (tertiary/aromatic N) is 1. The first kappa shape index (κ1) is 15.2. The number of ether oxygens (including phenoxy) is 1. The Kier molecular flexibility index (Phi) is 5.30. The highest BCUT2D eigenvalue weighted by molar-refractivity contribution is 5.61. The van der Waals surface area contributed by atoms with Crippen molar-refractivity contribution < 1.29 is 4.74 Å². The summed E-state index contributed by atoms with van der Waals surface area (Å²) in [7, 11) is 3.77. The minimum absolute atomic E-state index is 0.291. The monoisotopic (exact) mass is 276 g/mol. The maximum absolute atomic E-state index is 5.59. The van der Waals surface area contributed by atoms with Gasteiger partial charge in [-0.05, 0) is 51.3 Å². The smallest absolute Gasteiger partial charge is 0.125 e. The summed E-state index contributed by atoms with van der Waals surface area (Å²) in [5.74, 6) is 1.88. The molecule has 20 heavy (non-hydrogen) atoms. The lowest BCUT2D eigenvalue weighted by molar-refractivity contribution is 0.403. The number of hydrogen-bond donors (Lipinski definition) is 1. The molecule has 0 radical (unpaired) electrons. The van der Waals surface area contributed by atoms with Gasteiger partial charge in [-0.25, -0.2) is 0 Å². The van der Waals surface area contributed by atoms with Crippen molar-refractivity contribution in [1.29, 1.82) is 0 Å². The maximum atomic E-state index is 5.59. The molecule has 1 saturated carbocycles. The molecule has 0 heterocycles. The van der Waals surface area contributed by atoms with Crippen LogP contribution >= 0.6 is 0 Å². The maximum Gasteiger partial charge on any atom is 0.125 e. The molecule has 0 bridgehead atoms. The molecule has 3 nitrogen and oxygen atoms in total. The molecule has 1 unspecified atom stereocenters. The molecule has 2 rings (SSSR count). The van der Waals surface area contributed by atoms with Gasteiger partial charge in [-0.3, -0.25) is 0 Å². The lowest BCUT2D eigenvalue weighted by atomic mass is 10.0. The first-order chi connectivity index (χ1) is 9.71. The molecule has 1 atom stereocenters. The van der Waals surface area contributed by atoms with E-state index in [1.807, 2.05) is 7.05 Å².